The molecule has 1 N–H and O–H groups in total. The lowest BCUT2D eigenvalue weighted by Gasteiger charge is -2.15. The first-order valence-corrected chi connectivity index (χ1v) is 12.5. The van der Waals surface area contributed by atoms with Crippen molar-refractivity contribution in [3.05, 3.63) is 47.7 Å². The second-order valence-corrected chi connectivity index (χ2v) is 13.4. The van der Waals surface area contributed by atoms with Gasteiger partial charge in [-0.2, -0.15) is 0 Å². The molecule has 0 unspecified atom stereocenters. The first-order chi connectivity index (χ1) is 11.8. The number of phenols is 1. The highest BCUT2D eigenvalue weighted by atomic mass is 35.5. The van der Waals surface area contributed by atoms with E-state index in [9.17, 15) is 5.11 Å². The van der Waals surface area contributed by atoms with Crippen LogP contribution in [0.5, 0.6) is 5.75 Å². The minimum Gasteiger partial charge on any atom is -0.507 e. The van der Waals surface area contributed by atoms with Crippen LogP contribution in [0.15, 0.2) is 42.6 Å². The zero-order chi connectivity index (χ0) is 18.0. The van der Waals surface area contributed by atoms with E-state index in [1.165, 1.54) is 0 Å². The van der Waals surface area contributed by atoms with Crippen LogP contribution in [0, 0.1) is 0 Å². The predicted molar refractivity (Wildman–Crippen MR) is 106 cm³/mol. The Labute approximate surface area is 154 Å². The maximum Gasteiger partial charge on any atom is 0.144 e. The molecule has 0 atom stereocenters. The molecular formula is C19H23ClN2O2Si. The lowest BCUT2D eigenvalue weighted by Crippen LogP contribution is -2.22. The molecule has 0 amide bonds. The van der Waals surface area contributed by atoms with E-state index in [2.05, 4.69) is 24.6 Å². The van der Waals surface area contributed by atoms with E-state index in [1.807, 2.05) is 35.0 Å². The van der Waals surface area contributed by atoms with Crippen molar-refractivity contribution in [1.29, 1.82) is 0 Å². The van der Waals surface area contributed by atoms with Gasteiger partial charge in [0.1, 0.15) is 23.3 Å². The largest absolute Gasteiger partial charge is 0.507 e. The number of phenolic OH excluding ortho intramolecular Hbond substituents is 1. The Morgan fingerprint density at radius 2 is 1.88 bits per heavy atom. The third-order valence-corrected chi connectivity index (χ3v) is 6.02. The molecule has 0 spiro atoms. The fourth-order valence-corrected chi connectivity index (χ4v) is 3.60. The highest BCUT2D eigenvalue weighted by molar-refractivity contribution is 6.76. The van der Waals surface area contributed by atoms with Gasteiger partial charge in [-0.3, -0.25) is 0 Å². The fraction of sp³-hybridized carbons (Fsp3) is 0.316. The second kappa shape index (κ2) is 7.20. The maximum absolute atomic E-state index is 10.2. The van der Waals surface area contributed by atoms with Gasteiger partial charge in [-0.05, 0) is 24.2 Å². The van der Waals surface area contributed by atoms with Gasteiger partial charge in [-0.25, -0.2) is 4.98 Å². The number of hydrogen-bond donors (Lipinski definition) is 1. The lowest BCUT2D eigenvalue weighted by molar-refractivity contribution is 0.0899. The van der Waals surface area contributed by atoms with Gasteiger partial charge in [-0.15, -0.1) is 0 Å². The minimum absolute atomic E-state index is 0.246. The monoisotopic (exact) mass is 374 g/mol. The van der Waals surface area contributed by atoms with Crippen LogP contribution in [-0.4, -0.2) is 29.3 Å². The molecule has 25 heavy (non-hydrogen) atoms. The topological polar surface area (TPSA) is 47.3 Å². The first-order valence-electron chi connectivity index (χ1n) is 8.37. The average molecular weight is 375 g/mol. The Morgan fingerprint density at radius 1 is 1.12 bits per heavy atom. The van der Waals surface area contributed by atoms with E-state index in [1.54, 1.807) is 12.1 Å². The summed E-state index contributed by atoms with van der Waals surface area (Å²) in [7, 11) is -1.12. The van der Waals surface area contributed by atoms with E-state index in [-0.39, 0.29) is 5.75 Å². The van der Waals surface area contributed by atoms with Crippen molar-refractivity contribution in [3.8, 4) is 16.9 Å². The number of hydrogen-bond acceptors (Lipinski definition) is 3. The van der Waals surface area contributed by atoms with E-state index in [0.717, 1.165) is 34.8 Å². The highest BCUT2D eigenvalue weighted by Gasteiger charge is 2.15. The number of benzene rings is 1. The van der Waals surface area contributed by atoms with Crippen molar-refractivity contribution >= 4 is 30.7 Å². The Balaban J connectivity index is 1.93. The Morgan fingerprint density at radius 3 is 2.60 bits per heavy atom. The van der Waals surface area contributed by atoms with Crippen LogP contribution in [0.1, 0.15) is 0 Å². The Kier molecular flexibility index (Phi) is 5.18. The summed E-state index contributed by atoms with van der Waals surface area (Å²) in [6, 6.07) is 12.1. The van der Waals surface area contributed by atoms with Gasteiger partial charge in [0.15, 0.2) is 0 Å². The van der Waals surface area contributed by atoms with Gasteiger partial charge in [0.2, 0.25) is 0 Å². The summed E-state index contributed by atoms with van der Waals surface area (Å²) in [6.45, 7) is 8.15. The summed E-state index contributed by atoms with van der Waals surface area (Å²) in [4.78, 5) is 4.45. The lowest BCUT2D eigenvalue weighted by atomic mass is 10.1. The summed E-state index contributed by atoms with van der Waals surface area (Å²) in [5.74, 6) is 0.246. The molecule has 0 aliphatic heterocycles. The van der Waals surface area contributed by atoms with Crippen LogP contribution < -0.4 is 0 Å². The third kappa shape index (κ3) is 4.23. The van der Waals surface area contributed by atoms with Crippen molar-refractivity contribution < 1.29 is 9.84 Å². The molecule has 132 valence electrons. The molecule has 0 bridgehead atoms. The maximum atomic E-state index is 10.2. The number of aromatic nitrogens is 2. The molecule has 0 fully saturated rings. The number of para-hydroxylation sites is 1. The number of rotatable bonds is 6. The molecule has 3 aromatic rings. The zero-order valence-corrected chi connectivity index (χ0v) is 16.5. The van der Waals surface area contributed by atoms with Crippen molar-refractivity contribution in [2.24, 2.45) is 0 Å². The van der Waals surface area contributed by atoms with Crippen LogP contribution in [0.2, 0.25) is 30.8 Å². The van der Waals surface area contributed by atoms with E-state index in [0.29, 0.717) is 11.9 Å². The molecule has 4 nitrogen and oxygen atoms in total. The average Bonchev–Trinajstić information content (AvgIpc) is 2.89. The molecular weight excluding hydrogens is 352 g/mol. The third-order valence-electron chi connectivity index (χ3n) is 4.11. The van der Waals surface area contributed by atoms with E-state index < -0.39 is 8.07 Å². The Bertz CT molecular complexity index is 887. The molecule has 0 saturated heterocycles. The summed E-state index contributed by atoms with van der Waals surface area (Å²) in [5.41, 5.74) is 2.46. The summed E-state index contributed by atoms with van der Waals surface area (Å²) < 4.78 is 7.83. The highest BCUT2D eigenvalue weighted by Crippen LogP contribution is 2.35. The molecule has 1 aromatic carbocycles. The normalized spacial score (nSPS) is 12.0. The molecule has 0 radical (unpaired) electrons. The van der Waals surface area contributed by atoms with Crippen LogP contribution in [0.3, 0.4) is 0 Å². The predicted octanol–water partition coefficient (Wildman–Crippen LogP) is 5.37. The molecule has 2 heterocycles. The van der Waals surface area contributed by atoms with Gasteiger partial charge in [-0.1, -0.05) is 49.4 Å². The summed E-state index contributed by atoms with van der Waals surface area (Å²) in [5, 5.41) is 11.6. The number of pyridine rings is 1. The number of nitrogens with zero attached hydrogens (tertiary/aromatic N) is 2. The van der Waals surface area contributed by atoms with Crippen molar-refractivity contribution in [2.45, 2.75) is 32.4 Å². The van der Waals surface area contributed by atoms with Crippen molar-refractivity contribution in [2.75, 3.05) is 6.61 Å². The van der Waals surface area contributed by atoms with Crippen LogP contribution in [0.4, 0.5) is 0 Å². The standard InChI is InChI=1S/C19H23ClN2O2Si/c1-25(2,3)11-10-24-13-22-12-16(14-6-4-5-7-17(14)23)15-8-9-18(20)21-19(15)22/h4-9,12,23H,10-11,13H2,1-3H3. The molecule has 0 aliphatic carbocycles. The SMILES string of the molecule is C[Si](C)(C)CCOCn1cc(-c2ccccc2O)c2ccc(Cl)nc21. The Hall–Kier alpha value is -1.82. The van der Waals surface area contributed by atoms with E-state index in [4.69, 9.17) is 16.3 Å². The number of fused-ring (bicyclic) bond motifs is 1. The van der Waals surface area contributed by atoms with Crippen molar-refractivity contribution in [3.63, 3.8) is 0 Å². The number of aromatic hydroxyl groups is 1. The fourth-order valence-electron chi connectivity index (χ4n) is 2.70. The van der Waals surface area contributed by atoms with Gasteiger partial charge in [0.25, 0.3) is 0 Å². The summed E-state index contributed by atoms with van der Waals surface area (Å²) in [6.07, 6.45) is 1.97. The first kappa shape index (κ1) is 18.0. The van der Waals surface area contributed by atoms with Gasteiger partial charge in [0, 0.05) is 37.4 Å². The molecule has 0 aliphatic rings. The smallest absolute Gasteiger partial charge is 0.144 e. The van der Waals surface area contributed by atoms with Crippen LogP contribution in [-0.2, 0) is 11.5 Å². The molecule has 0 saturated carbocycles. The summed E-state index contributed by atoms with van der Waals surface area (Å²) >= 11 is 6.09. The van der Waals surface area contributed by atoms with Gasteiger partial charge < -0.3 is 14.4 Å². The second-order valence-electron chi connectivity index (χ2n) is 7.38. The quantitative estimate of drug-likeness (QED) is 0.358. The van der Waals surface area contributed by atoms with Crippen LogP contribution >= 0.6 is 11.6 Å². The van der Waals surface area contributed by atoms with E-state index >= 15 is 0 Å². The minimum atomic E-state index is -1.12. The molecule has 2 aromatic heterocycles. The number of ether oxygens (including phenoxy) is 1. The molecule has 6 heteroatoms. The van der Waals surface area contributed by atoms with Gasteiger partial charge in [0.05, 0.1) is 0 Å². The van der Waals surface area contributed by atoms with Crippen LogP contribution in [0.25, 0.3) is 22.2 Å². The molecule has 3 rings (SSSR count). The zero-order valence-electron chi connectivity index (χ0n) is 14.8. The van der Waals surface area contributed by atoms with Crippen molar-refractivity contribution in [1.82, 2.24) is 9.55 Å². The number of halogens is 1. The van der Waals surface area contributed by atoms with Gasteiger partial charge >= 0.3 is 0 Å².